The van der Waals surface area contributed by atoms with Gasteiger partial charge in [0.15, 0.2) is 0 Å². The lowest BCUT2D eigenvalue weighted by atomic mass is 10.0. The number of rotatable bonds is 5. The summed E-state index contributed by atoms with van der Waals surface area (Å²) >= 11 is 0. The zero-order chi connectivity index (χ0) is 19.9. The summed E-state index contributed by atoms with van der Waals surface area (Å²) in [4.78, 5) is 26.6. The third-order valence-corrected chi connectivity index (χ3v) is 4.97. The molecule has 28 heavy (non-hydrogen) atoms. The van der Waals surface area contributed by atoms with Crippen molar-refractivity contribution < 1.29 is 14.3 Å². The van der Waals surface area contributed by atoms with E-state index in [9.17, 15) is 9.59 Å². The van der Waals surface area contributed by atoms with E-state index >= 15 is 0 Å². The first kappa shape index (κ1) is 19.7. The van der Waals surface area contributed by atoms with E-state index in [4.69, 9.17) is 4.74 Å². The molecule has 146 valence electrons. The Morgan fingerprint density at radius 1 is 1.11 bits per heavy atom. The van der Waals surface area contributed by atoms with E-state index in [1.54, 1.807) is 31.4 Å². The monoisotopic (exact) mass is 378 g/mol. The average Bonchev–Trinajstić information content (AvgIpc) is 2.73. The molecule has 0 unspecified atom stereocenters. The van der Waals surface area contributed by atoms with Crippen LogP contribution in [0.2, 0.25) is 0 Å². The molecule has 5 nitrogen and oxygen atoms in total. The lowest BCUT2D eigenvalue weighted by molar-refractivity contribution is -0.126. The zero-order valence-electron chi connectivity index (χ0n) is 16.4. The summed E-state index contributed by atoms with van der Waals surface area (Å²) in [7, 11) is 1.62. The summed E-state index contributed by atoms with van der Waals surface area (Å²) in [5.74, 6) is 0.671. The molecule has 0 aliphatic carbocycles. The number of methoxy groups -OCH3 is 1. The van der Waals surface area contributed by atoms with Crippen molar-refractivity contribution in [1.29, 1.82) is 0 Å². The Kier molecular flexibility index (Phi) is 6.48. The van der Waals surface area contributed by atoms with Crippen LogP contribution in [0, 0.1) is 6.92 Å². The van der Waals surface area contributed by atoms with Crippen LogP contribution in [0.25, 0.3) is 6.08 Å². The number of carbonyl (C=O) groups excluding carboxylic acids is 2. The fourth-order valence-corrected chi connectivity index (χ4v) is 3.35. The molecule has 2 amide bonds. The number of likely N-dealkylation sites (tertiary alicyclic amines) is 1. The van der Waals surface area contributed by atoms with Crippen LogP contribution in [-0.2, 0) is 4.79 Å². The largest absolute Gasteiger partial charge is 0.496 e. The highest BCUT2D eigenvalue weighted by atomic mass is 16.5. The fraction of sp³-hybridized carbons (Fsp3) is 0.304. The van der Waals surface area contributed by atoms with Crippen molar-refractivity contribution in [1.82, 2.24) is 10.2 Å². The Balaban J connectivity index is 1.53. The lowest BCUT2D eigenvalue weighted by Crippen LogP contribution is -2.46. The van der Waals surface area contributed by atoms with Gasteiger partial charge in [-0.1, -0.05) is 29.8 Å². The second-order valence-corrected chi connectivity index (χ2v) is 7.02. The van der Waals surface area contributed by atoms with Gasteiger partial charge in [-0.25, -0.2) is 0 Å². The highest BCUT2D eigenvalue weighted by Gasteiger charge is 2.23. The van der Waals surface area contributed by atoms with Crippen LogP contribution in [0.4, 0.5) is 0 Å². The Morgan fingerprint density at radius 2 is 1.82 bits per heavy atom. The summed E-state index contributed by atoms with van der Waals surface area (Å²) in [5, 5.41) is 3.06. The summed E-state index contributed by atoms with van der Waals surface area (Å²) in [6, 6.07) is 15.2. The van der Waals surface area contributed by atoms with Gasteiger partial charge < -0.3 is 15.0 Å². The van der Waals surface area contributed by atoms with Crippen LogP contribution < -0.4 is 10.1 Å². The van der Waals surface area contributed by atoms with Gasteiger partial charge in [0, 0.05) is 36.3 Å². The molecule has 1 aliphatic rings. The number of amides is 2. The number of aryl methyl sites for hydroxylation is 1. The standard InChI is InChI=1S/C23H26N2O3/c1-17-8-10-21(28-2)19(16-17)9-11-22(26)25-14-12-20(13-15-25)24-23(27)18-6-4-3-5-7-18/h3-11,16,20H,12-15H2,1-2H3,(H,24,27)/b11-9+. The lowest BCUT2D eigenvalue weighted by Gasteiger charge is -2.31. The van der Waals surface area contributed by atoms with Crippen molar-refractivity contribution in [3.8, 4) is 5.75 Å². The minimum Gasteiger partial charge on any atom is -0.496 e. The van der Waals surface area contributed by atoms with Crippen molar-refractivity contribution >= 4 is 17.9 Å². The normalized spacial score (nSPS) is 14.9. The molecule has 0 saturated carbocycles. The maximum Gasteiger partial charge on any atom is 0.251 e. The number of benzene rings is 2. The summed E-state index contributed by atoms with van der Waals surface area (Å²) in [6.45, 7) is 3.27. The van der Waals surface area contributed by atoms with E-state index in [-0.39, 0.29) is 17.9 Å². The van der Waals surface area contributed by atoms with Crippen molar-refractivity contribution in [2.24, 2.45) is 0 Å². The van der Waals surface area contributed by atoms with E-state index in [1.165, 1.54) is 0 Å². The average molecular weight is 378 g/mol. The molecule has 2 aromatic rings. The Bertz CT molecular complexity index is 853. The summed E-state index contributed by atoms with van der Waals surface area (Å²) in [5.41, 5.74) is 2.67. The van der Waals surface area contributed by atoms with E-state index in [2.05, 4.69) is 5.32 Å². The predicted molar refractivity (Wildman–Crippen MR) is 110 cm³/mol. The van der Waals surface area contributed by atoms with Crippen molar-refractivity contribution in [2.45, 2.75) is 25.8 Å². The van der Waals surface area contributed by atoms with Crippen LogP contribution in [0.15, 0.2) is 54.6 Å². The topological polar surface area (TPSA) is 58.6 Å². The second-order valence-electron chi connectivity index (χ2n) is 7.02. The first-order chi connectivity index (χ1) is 13.6. The van der Waals surface area contributed by atoms with E-state index in [0.717, 1.165) is 29.7 Å². The van der Waals surface area contributed by atoms with Crippen molar-refractivity contribution in [3.05, 3.63) is 71.3 Å². The van der Waals surface area contributed by atoms with Crippen LogP contribution in [0.1, 0.15) is 34.3 Å². The summed E-state index contributed by atoms with van der Waals surface area (Å²) < 4.78 is 5.35. The molecule has 5 heteroatoms. The van der Waals surface area contributed by atoms with Crippen LogP contribution >= 0.6 is 0 Å². The first-order valence-corrected chi connectivity index (χ1v) is 9.54. The van der Waals surface area contributed by atoms with Crippen molar-refractivity contribution in [3.63, 3.8) is 0 Å². The number of ether oxygens (including phenoxy) is 1. The molecule has 1 N–H and O–H groups in total. The molecule has 0 bridgehead atoms. The Morgan fingerprint density at radius 3 is 2.50 bits per heavy atom. The number of hydrogen-bond acceptors (Lipinski definition) is 3. The quantitative estimate of drug-likeness (QED) is 0.811. The molecule has 0 aromatic heterocycles. The molecule has 2 aromatic carbocycles. The number of nitrogens with zero attached hydrogens (tertiary/aromatic N) is 1. The number of carbonyl (C=O) groups is 2. The first-order valence-electron chi connectivity index (χ1n) is 9.54. The molecule has 1 fully saturated rings. The van der Waals surface area contributed by atoms with Gasteiger partial charge in [0.2, 0.25) is 5.91 Å². The highest BCUT2D eigenvalue weighted by molar-refractivity contribution is 5.94. The maximum atomic E-state index is 12.5. The van der Waals surface area contributed by atoms with Gasteiger partial charge in [0.25, 0.3) is 5.91 Å². The second kappa shape index (κ2) is 9.22. The van der Waals surface area contributed by atoms with Gasteiger partial charge in [-0.05, 0) is 50.1 Å². The van der Waals surface area contributed by atoms with Gasteiger partial charge in [-0.15, -0.1) is 0 Å². The number of nitrogens with one attached hydrogen (secondary N) is 1. The predicted octanol–water partition coefficient (Wildman–Crippen LogP) is 3.44. The van der Waals surface area contributed by atoms with Crippen LogP contribution in [0.5, 0.6) is 5.75 Å². The zero-order valence-corrected chi connectivity index (χ0v) is 16.4. The molecular formula is C23H26N2O3. The van der Waals surface area contributed by atoms with Crippen LogP contribution in [-0.4, -0.2) is 43.0 Å². The Labute approximate surface area is 166 Å². The minimum absolute atomic E-state index is 0.0172. The summed E-state index contributed by atoms with van der Waals surface area (Å²) in [6.07, 6.45) is 4.91. The third kappa shape index (κ3) is 5.00. The fourth-order valence-electron chi connectivity index (χ4n) is 3.35. The van der Waals surface area contributed by atoms with E-state index in [0.29, 0.717) is 18.7 Å². The number of piperidine rings is 1. The van der Waals surface area contributed by atoms with Gasteiger partial charge >= 0.3 is 0 Å². The highest BCUT2D eigenvalue weighted by Crippen LogP contribution is 2.21. The molecule has 1 heterocycles. The smallest absolute Gasteiger partial charge is 0.251 e. The van der Waals surface area contributed by atoms with E-state index in [1.807, 2.05) is 48.2 Å². The van der Waals surface area contributed by atoms with Gasteiger partial charge in [-0.3, -0.25) is 9.59 Å². The molecule has 1 aliphatic heterocycles. The Hall–Kier alpha value is -3.08. The van der Waals surface area contributed by atoms with Gasteiger partial charge in [0.05, 0.1) is 7.11 Å². The van der Waals surface area contributed by atoms with E-state index < -0.39 is 0 Å². The minimum atomic E-state index is -0.0585. The molecule has 0 radical (unpaired) electrons. The molecular weight excluding hydrogens is 352 g/mol. The van der Waals surface area contributed by atoms with Crippen LogP contribution in [0.3, 0.4) is 0 Å². The maximum absolute atomic E-state index is 12.5. The SMILES string of the molecule is COc1ccc(C)cc1/C=C/C(=O)N1CCC(NC(=O)c2ccccc2)CC1. The molecule has 0 atom stereocenters. The van der Waals surface area contributed by atoms with Gasteiger partial charge in [0.1, 0.15) is 5.75 Å². The van der Waals surface area contributed by atoms with Gasteiger partial charge in [-0.2, -0.15) is 0 Å². The third-order valence-electron chi connectivity index (χ3n) is 4.97. The molecule has 3 rings (SSSR count). The van der Waals surface area contributed by atoms with Crippen molar-refractivity contribution in [2.75, 3.05) is 20.2 Å². The molecule has 0 spiro atoms. The number of hydrogen-bond donors (Lipinski definition) is 1. The molecule has 1 saturated heterocycles.